The number of hydrogen-bond donors (Lipinski definition) is 0. The van der Waals surface area contributed by atoms with Gasteiger partial charge in [-0.05, 0) is 35.0 Å². The lowest BCUT2D eigenvalue weighted by atomic mass is 10.1. The fourth-order valence-corrected chi connectivity index (χ4v) is 2.41. The molecule has 0 unspecified atom stereocenters. The summed E-state index contributed by atoms with van der Waals surface area (Å²) in [5.41, 5.74) is 0.900. The molecule has 0 N–H and O–H groups in total. The Hall–Kier alpha value is -3.14. The van der Waals surface area contributed by atoms with Crippen LogP contribution in [-0.4, -0.2) is 10.2 Å². The minimum atomic E-state index is 0.248. The standard InChI is InChI=1S/C19H14N2O2/c1-2-7-15(8-3-1)19-21-20-18(23-19)13-22-17-11-10-14-6-4-5-9-16(14)12-17/h1-12H,13H2. The van der Waals surface area contributed by atoms with Crippen LogP contribution in [0.4, 0.5) is 0 Å². The molecule has 3 aromatic carbocycles. The van der Waals surface area contributed by atoms with E-state index in [4.69, 9.17) is 9.15 Å². The molecule has 0 fully saturated rings. The summed E-state index contributed by atoms with van der Waals surface area (Å²) in [7, 11) is 0. The third kappa shape index (κ3) is 2.92. The first-order valence-electron chi connectivity index (χ1n) is 7.38. The van der Waals surface area contributed by atoms with Gasteiger partial charge in [-0.25, -0.2) is 0 Å². The van der Waals surface area contributed by atoms with Crippen molar-refractivity contribution in [2.24, 2.45) is 0 Å². The Balaban J connectivity index is 1.49. The number of nitrogens with zero attached hydrogens (tertiary/aromatic N) is 2. The molecule has 0 aliphatic rings. The molecule has 0 spiro atoms. The van der Waals surface area contributed by atoms with Gasteiger partial charge in [0.05, 0.1) is 0 Å². The van der Waals surface area contributed by atoms with Gasteiger partial charge >= 0.3 is 0 Å². The van der Waals surface area contributed by atoms with E-state index >= 15 is 0 Å². The van der Waals surface area contributed by atoms with Crippen LogP contribution in [-0.2, 0) is 6.61 Å². The lowest BCUT2D eigenvalue weighted by Gasteiger charge is -2.04. The quantitative estimate of drug-likeness (QED) is 0.558. The number of ether oxygens (including phenoxy) is 1. The molecular weight excluding hydrogens is 288 g/mol. The monoisotopic (exact) mass is 302 g/mol. The van der Waals surface area contributed by atoms with Crippen LogP contribution in [0.5, 0.6) is 5.75 Å². The van der Waals surface area contributed by atoms with E-state index in [9.17, 15) is 0 Å². The summed E-state index contributed by atoms with van der Waals surface area (Å²) in [5.74, 6) is 1.74. The molecule has 112 valence electrons. The summed E-state index contributed by atoms with van der Waals surface area (Å²) in [6.45, 7) is 0.248. The summed E-state index contributed by atoms with van der Waals surface area (Å²) in [5, 5.41) is 10.4. The van der Waals surface area contributed by atoms with Gasteiger partial charge in [0.2, 0.25) is 5.89 Å². The van der Waals surface area contributed by atoms with Crippen molar-refractivity contribution in [3.05, 3.63) is 78.7 Å². The van der Waals surface area contributed by atoms with Crippen LogP contribution in [0, 0.1) is 0 Å². The van der Waals surface area contributed by atoms with E-state index in [0.717, 1.165) is 16.7 Å². The summed E-state index contributed by atoms with van der Waals surface area (Å²) in [6.07, 6.45) is 0. The molecule has 23 heavy (non-hydrogen) atoms. The second-order valence-corrected chi connectivity index (χ2v) is 5.16. The Kier molecular flexibility index (Phi) is 3.48. The van der Waals surface area contributed by atoms with Gasteiger partial charge in [-0.3, -0.25) is 0 Å². The fourth-order valence-electron chi connectivity index (χ4n) is 2.41. The summed E-state index contributed by atoms with van der Waals surface area (Å²) in [6, 6.07) is 23.8. The highest BCUT2D eigenvalue weighted by atomic mass is 16.5. The topological polar surface area (TPSA) is 48.2 Å². The summed E-state index contributed by atoms with van der Waals surface area (Å²) < 4.78 is 11.4. The first-order chi connectivity index (χ1) is 11.4. The zero-order valence-electron chi connectivity index (χ0n) is 12.3. The molecule has 1 heterocycles. The molecule has 0 saturated carbocycles. The van der Waals surface area contributed by atoms with Crippen LogP contribution in [0.2, 0.25) is 0 Å². The van der Waals surface area contributed by atoms with Crippen molar-refractivity contribution in [3.63, 3.8) is 0 Å². The smallest absolute Gasteiger partial charge is 0.254 e. The Morgan fingerprint density at radius 3 is 2.43 bits per heavy atom. The predicted octanol–water partition coefficient (Wildman–Crippen LogP) is 4.47. The molecule has 0 atom stereocenters. The van der Waals surface area contributed by atoms with E-state index in [1.54, 1.807) is 0 Å². The van der Waals surface area contributed by atoms with Crippen molar-refractivity contribution < 1.29 is 9.15 Å². The van der Waals surface area contributed by atoms with Gasteiger partial charge in [0, 0.05) is 5.56 Å². The van der Waals surface area contributed by atoms with Crippen molar-refractivity contribution in [2.75, 3.05) is 0 Å². The van der Waals surface area contributed by atoms with Gasteiger partial charge in [0.15, 0.2) is 6.61 Å². The van der Waals surface area contributed by atoms with E-state index in [-0.39, 0.29) is 6.61 Å². The highest BCUT2D eigenvalue weighted by Gasteiger charge is 2.08. The second-order valence-electron chi connectivity index (χ2n) is 5.16. The van der Waals surface area contributed by atoms with E-state index in [1.165, 1.54) is 5.39 Å². The summed E-state index contributed by atoms with van der Waals surface area (Å²) in [4.78, 5) is 0. The lowest BCUT2D eigenvalue weighted by Crippen LogP contribution is -1.95. The SMILES string of the molecule is c1ccc(-c2nnc(COc3ccc4ccccc4c3)o2)cc1. The molecule has 0 aliphatic carbocycles. The zero-order chi connectivity index (χ0) is 15.5. The molecule has 1 aromatic heterocycles. The van der Waals surface area contributed by atoms with Crippen molar-refractivity contribution in [1.29, 1.82) is 0 Å². The van der Waals surface area contributed by atoms with Crippen LogP contribution < -0.4 is 4.74 Å². The van der Waals surface area contributed by atoms with E-state index in [2.05, 4.69) is 22.3 Å². The molecule has 0 radical (unpaired) electrons. The van der Waals surface area contributed by atoms with Crippen LogP contribution in [0.25, 0.3) is 22.2 Å². The normalized spacial score (nSPS) is 10.8. The molecule has 4 aromatic rings. The number of hydrogen-bond acceptors (Lipinski definition) is 4. The Morgan fingerprint density at radius 2 is 1.57 bits per heavy atom. The van der Waals surface area contributed by atoms with Crippen molar-refractivity contribution in [1.82, 2.24) is 10.2 Å². The van der Waals surface area contributed by atoms with Crippen molar-refractivity contribution in [2.45, 2.75) is 6.61 Å². The molecule has 4 heteroatoms. The highest BCUT2D eigenvalue weighted by molar-refractivity contribution is 5.83. The zero-order valence-corrected chi connectivity index (χ0v) is 12.3. The van der Waals surface area contributed by atoms with Crippen LogP contribution >= 0.6 is 0 Å². The van der Waals surface area contributed by atoms with Gasteiger partial charge in [-0.2, -0.15) is 0 Å². The fraction of sp³-hybridized carbons (Fsp3) is 0.0526. The Labute approximate surface area is 133 Å². The number of aromatic nitrogens is 2. The third-order valence-electron chi connectivity index (χ3n) is 3.57. The summed E-state index contributed by atoms with van der Waals surface area (Å²) >= 11 is 0. The molecule has 4 rings (SSSR count). The lowest BCUT2D eigenvalue weighted by molar-refractivity contribution is 0.265. The average Bonchev–Trinajstić information content (AvgIpc) is 3.10. The van der Waals surface area contributed by atoms with E-state index in [1.807, 2.05) is 60.7 Å². The predicted molar refractivity (Wildman–Crippen MR) is 88.0 cm³/mol. The van der Waals surface area contributed by atoms with Crippen LogP contribution in [0.1, 0.15) is 5.89 Å². The number of benzene rings is 3. The largest absolute Gasteiger partial charge is 0.484 e. The number of fused-ring (bicyclic) bond motifs is 1. The average molecular weight is 302 g/mol. The molecule has 0 amide bonds. The minimum absolute atomic E-state index is 0.248. The Morgan fingerprint density at radius 1 is 0.783 bits per heavy atom. The Bertz CT molecular complexity index is 932. The molecular formula is C19H14N2O2. The first-order valence-corrected chi connectivity index (χ1v) is 7.38. The van der Waals surface area contributed by atoms with E-state index in [0.29, 0.717) is 11.8 Å². The maximum atomic E-state index is 5.75. The van der Waals surface area contributed by atoms with Crippen molar-refractivity contribution in [3.8, 4) is 17.2 Å². The second kappa shape index (κ2) is 5.93. The van der Waals surface area contributed by atoms with Gasteiger partial charge in [-0.1, -0.05) is 48.5 Å². The molecule has 0 aliphatic heterocycles. The highest BCUT2D eigenvalue weighted by Crippen LogP contribution is 2.22. The maximum absolute atomic E-state index is 5.75. The molecule has 0 saturated heterocycles. The minimum Gasteiger partial charge on any atom is -0.484 e. The molecule has 0 bridgehead atoms. The van der Waals surface area contributed by atoms with Gasteiger partial charge in [-0.15, -0.1) is 10.2 Å². The van der Waals surface area contributed by atoms with E-state index < -0.39 is 0 Å². The van der Waals surface area contributed by atoms with Crippen LogP contribution in [0.3, 0.4) is 0 Å². The third-order valence-corrected chi connectivity index (χ3v) is 3.57. The molecule has 4 nitrogen and oxygen atoms in total. The van der Waals surface area contributed by atoms with Gasteiger partial charge in [0.25, 0.3) is 5.89 Å². The maximum Gasteiger partial charge on any atom is 0.254 e. The van der Waals surface area contributed by atoms with Gasteiger partial charge in [0.1, 0.15) is 5.75 Å². The first kappa shape index (κ1) is 13.5. The van der Waals surface area contributed by atoms with Crippen molar-refractivity contribution >= 4 is 10.8 Å². The van der Waals surface area contributed by atoms with Crippen LogP contribution in [0.15, 0.2) is 77.2 Å². The number of rotatable bonds is 4. The van der Waals surface area contributed by atoms with Gasteiger partial charge < -0.3 is 9.15 Å².